The number of hydrogen-bond donors (Lipinski definition) is 1. The lowest BCUT2D eigenvalue weighted by Crippen LogP contribution is -2.04. The number of tetrazole rings is 1. The fraction of sp³-hybridized carbons (Fsp3) is 0. The van der Waals surface area contributed by atoms with E-state index in [-0.39, 0.29) is 11.5 Å². The van der Waals surface area contributed by atoms with E-state index in [1.807, 2.05) is 0 Å². The number of aromatic nitrogens is 4. The molecule has 106 valence electrons. The van der Waals surface area contributed by atoms with Crippen molar-refractivity contribution >= 4 is 17.3 Å². The number of nitrogens with two attached hydrogens (primary N) is 1. The van der Waals surface area contributed by atoms with Gasteiger partial charge in [-0.25, -0.2) is 8.78 Å². The SMILES string of the molecule is Nc1cc(Cl)ccc1-c1nnnn1-c1cc(F)ccc1F. The summed E-state index contributed by atoms with van der Waals surface area (Å²) in [5, 5.41) is 11.4. The van der Waals surface area contributed by atoms with E-state index in [9.17, 15) is 8.78 Å². The number of halogens is 3. The van der Waals surface area contributed by atoms with Crippen molar-refractivity contribution in [1.82, 2.24) is 20.2 Å². The number of hydrogen-bond acceptors (Lipinski definition) is 4. The second-order valence-electron chi connectivity index (χ2n) is 4.24. The summed E-state index contributed by atoms with van der Waals surface area (Å²) in [5.41, 5.74) is 6.55. The lowest BCUT2D eigenvalue weighted by atomic mass is 10.1. The minimum Gasteiger partial charge on any atom is -0.398 e. The van der Waals surface area contributed by atoms with Crippen molar-refractivity contribution in [2.75, 3.05) is 5.73 Å². The molecule has 1 aromatic heterocycles. The molecule has 0 amide bonds. The van der Waals surface area contributed by atoms with Crippen molar-refractivity contribution < 1.29 is 8.78 Å². The molecular weight excluding hydrogens is 300 g/mol. The van der Waals surface area contributed by atoms with Crippen LogP contribution >= 0.6 is 11.6 Å². The van der Waals surface area contributed by atoms with Gasteiger partial charge < -0.3 is 5.73 Å². The number of nitrogen functional groups attached to an aromatic ring is 1. The van der Waals surface area contributed by atoms with Gasteiger partial charge in [0.2, 0.25) is 0 Å². The van der Waals surface area contributed by atoms with Gasteiger partial charge in [-0.2, -0.15) is 4.68 Å². The van der Waals surface area contributed by atoms with Crippen LogP contribution < -0.4 is 5.73 Å². The number of anilines is 1. The summed E-state index contributed by atoms with van der Waals surface area (Å²) in [6.07, 6.45) is 0. The van der Waals surface area contributed by atoms with Crippen molar-refractivity contribution in [3.05, 3.63) is 53.1 Å². The van der Waals surface area contributed by atoms with Gasteiger partial charge in [-0.15, -0.1) is 5.10 Å². The molecule has 3 rings (SSSR count). The fourth-order valence-corrected chi connectivity index (χ4v) is 2.08. The highest BCUT2D eigenvalue weighted by atomic mass is 35.5. The predicted molar refractivity (Wildman–Crippen MR) is 73.9 cm³/mol. The van der Waals surface area contributed by atoms with Crippen LogP contribution in [0.5, 0.6) is 0 Å². The highest BCUT2D eigenvalue weighted by Gasteiger charge is 2.17. The van der Waals surface area contributed by atoms with Gasteiger partial charge in [0.25, 0.3) is 0 Å². The zero-order valence-electron chi connectivity index (χ0n) is 10.5. The summed E-state index contributed by atoms with van der Waals surface area (Å²) in [5.74, 6) is -1.07. The van der Waals surface area contributed by atoms with Crippen molar-refractivity contribution in [2.24, 2.45) is 0 Å². The molecule has 0 radical (unpaired) electrons. The topological polar surface area (TPSA) is 69.6 Å². The third-order valence-electron chi connectivity index (χ3n) is 2.86. The normalized spacial score (nSPS) is 10.8. The predicted octanol–water partition coefficient (Wildman–Crippen LogP) is 2.84. The molecule has 21 heavy (non-hydrogen) atoms. The van der Waals surface area contributed by atoms with Crippen molar-refractivity contribution in [3.8, 4) is 17.1 Å². The van der Waals surface area contributed by atoms with Crippen molar-refractivity contribution in [2.45, 2.75) is 0 Å². The Kier molecular flexibility index (Phi) is 3.26. The smallest absolute Gasteiger partial charge is 0.189 e. The fourth-order valence-electron chi connectivity index (χ4n) is 1.90. The van der Waals surface area contributed by atoms with E-state index >= 15 is 0 Å². The molecule has 8 heteroatoms. The molecule has 0 aliphatic heterocycles. The average Bonchev–Trinajstić information content (AvgIpc) is 2.90. The Morgan fingerprint density at radius 3 is 2.67 bits per heavy atom. The average molecular weight is 308 g/mol. The number of nitrogens with zero attached hydrogens (tertiary/aromatic N) is 4. The summed E-state index contributed by atoms with van der Waals surface area (Å²) in [4.78, 5) is 0. The highest BCUT2D eigenvalue weighted by Crippen LogP contribution is 2.28. The lowest BCUT2D eigenvalue weighted by Gasteiger charge is -2.08. The van der Waals surface area contributed by atoms with E-state index in [0.717, 1.165) is 22.9 Å². The van der Waals surface area contributed by atoms with Crippen molar-refractivity contribution in [1.29, 1.82) is 0 Å². The molecule has 0 fully saturated rings. The van der Waals surface area contributed by atoms with Gasteiger partial charge in [0, 0.05) is 22.3 Å². The minimum atomic E-state index is -0.655. The molecule has 0 atom stereocenters. The second-order valence-corrected chi connectivity index (χ2v) is 4.68. The van der Waals surface area contributed by atoms with Crippen LogP contribution in [0.2, 0.25) is 5.02 Å². The number of benzene rings is 2. The first kappa shape index (κ1) is 13.4. The first-order valence-electron chi connectivity index (χ1n) is 5.85. The third-order valence-corrected chi connectivity index (χ3v) is 3.10. The van der Waals surface area contributed by atoms with Crippen LogP contribution in [0.15, 0.2) is 36.4 Å². The zero-order valence-corrected chi connectivity index (χ0v) is 11.2. The minimum absolute atomic E-state index is 0.107. The molecular formula is C13H8ClF2N5. The summed E-state index contributed by atoms with van der Waals surface area (Å²) >= 11 is 5.83. The Morgan fingerprint density at radius 2 is 1.90 bits per heavy atom. The van der Waals surface area contributed by atoms with E-state index in [0.29, 0.717) is 16.3 Å². The number of rotatable bonds is 2. The Bertz CT molecular complexity index is 818. The zero-order chi connectivity index (χ0) is 15.0. The summed E-state index contributed by atoms with van der Waals surface area (Å²) in [7, 11) is 0. The summed E-state index contributed by atoms with van der Waals surface area (Å²) < 4.78 is 28.3. The largest absolute Gasteiger partial charge is 0.398 e. The molecule has 0 aliphatic rings. The van der Waals surface area contributed by atoms with Gasteiger partial charge in [0.1, 0.15) is 17.3 Å². The van der Waals surface area contributed by atoms with Gasteiger partial charge in [0.05, 0.1) is 0 Å². The van der Waals surface area contributed by atoms with Gasteiger partial charge in [0.15, 0.2) is 5.82 Å². The maximum atomic E-state index is 13.9. The van der Waals surface area contributed by atoms with Crippen LogP contribution in [-0.2, 0) is 0 Å². The third kappa shape index (κ3) is 2.43. The van der Waals surface area contributed by atoms with Crippen molar-refractivity contribution in [3.63, 3.8) is 0 Å². The summed E-state index contributed by atoms with van der Waals surface area (Å²) in [6, 6.07) is 7.76. The Balaban J connectivity index is 2.19. The Hall–Kier alpha value is -2.54. The molecule has 2 aromatic carbocycles. The second kappa shape index (κ2) is 5.10. The lowest BCUT2D eigenvalue weighted by molar-refractivity contribution is 0.584. The molecule has 2 N–H and O–H groups in total. The monoisotopic (exact) mass is 307 g/mol. The molecule has 1 heterocycles. The molecule has 0 bridgehead atoms. The van der Waals surface area contributed by atoms with E-state index in [1.165, 1.54) is 6.07 Å². The van der Waals surface area contributed by atoms with Crippen LogP contribution in [-0.4, -0.2) is 20.2 Å². The van der Waals surface area contributed by atoms with Crippen LogP contribution in [0.3, 0.4) is 0 Å². The van der Waals surface area contributed by atoms with Gasteiger partial charge in [-0.3, -0.25) is 0 Å². The first-order valence-corrected chi connectivity index (χ1v) is 6.23. The summed E-state index contributed by atoms with van der Waals surface area (Å²) in [6.45, 7) is 0. The van der Waals surface area contributed by atoms with E-state index in [2.05, 4.69) is 15.5 Å². The first-order chi connectivity index (χ1) is 10.1. The van der Waals surface area contributed by atoms with Crippen LogP contribution in [0, 0.1) is 11.6 Å². The highest BCUT2D eigenvalue weighted by molar-refractivity contribution is 6.31. The van der Waals surface area contributed by atoms with E-state index < -0.39 is 11.6 Å². The van der Waals surface area contributed by atoms with Gasteiger partial charge in [-0.1, -0.05) is 11.6 Å². The molecule has 0 spiro atoms. The maximum Gasteiger partial charge on any atom is 0.189 e. The molecule has 0 saturated carbocycles. The maximum absolute atomic E-state index is 13.9. The Morgan fingerprint density at radius 1 is 1.10 bits per heavy atom. The van der Waals surface area contributed by atoms with E-state index in [1.54, 1.807) is 12.1 Å². The molecule has 0 unspecified atom stereocenters. The quantitative estimate of drug-likeness (QED) is 0.739. The molecule has 3 aromatic rings. The standard InChI is InChI=1S/C13H8ClF2N5/c14-7-1-3-9(11(17)5-7)13-18-19-20-21(13)12-6-8(15)2-4-10(12)16/h1-6H,17H2. The van der Waals surface area contributed by atoms with Crippen LogP contribution in [0.25, 0.3) is 17.1 Å². The van der Waals surface area contributed by atoms with E-state index in [4.69, 9.17) is 17.3 Å². The van der Waals surface area contributed by atoms with Gasteiger partial charge >= 0.3 is 0 Å². The molecule has 0 aliphatic carbocycles. The molecule has 0 saturated heterocycles. The molecule has 5 nitrogen and oxygen atoms in total. The van der Waals surface area contributed by atoms with Crippen LogP contribution in [0.1, 0.15) is 0 Å². The van der Waals surface area contributed by atoms with Gasteiger partial charge in [-0.05, 0) is 40.8 Å². The van der Waals surface area contributed by atoms with Crippen LogP contribution in [0.4, 0.5) is 14.5 Å². The Labute approximate surface area is 123 Å².